The molecule has 1 amide bonds. The number of benzene rings is 1. The summed E-state index contributed by atoms with van der Waals surface area (Å²) < 4.78 is 0. The van der Waals surface area contributed by atoms with Crippen LogP contribution in [0.5, 0.6) is 0 Å². The zero-order valence-corrected chi connectivity index (χ0v) is 13.2. The van der Waals surface area contributed by atoms with E-state index in [9.17, 15) is 20.0 Å². The number of carbonyl (C=O) groups excluding carboxylic acids is 1. The van der Waals surface area contributed by atoms with Crippen LogP contribution >= 0.6 is 11.3 Å². The quantitative estimate of drug-likeness (QED) is 0.483. The van der Waals surface area contributed by atoms with Crippen LogP contribution < -0.4 is 5.32 Å². The van der Waals surface area contributed by atoms with Gasteiger partial charge in [-0.2, -0.15) is 0 Å². The number of thiophene rings is 1. The summed E-state index contributed by atoms with van der Waals surface area (Å²) >= 11 is 1.40. The van der Waals surface area contributed by atoms with Gasteiger partial charge in [0.2, 0.25) is 5.91 Å². The van der Waals surface area contributed by atoms with Crippen LogP contribution in [0.4, 0.5) is 5.69 Å². The predicted octanol–water partition coefficient (Wildman–Crippen LogP) is 2.69. The Hall–Kier alpha value is -2.51. The van der Waals surface area contributed by atoms with E-state index in [0.717, 1.165) is 4.88 Å². The van der Waals surface area contributed by atoms with Crippen LogP contribution in [-0.2, 0) is 10.4 Å². The Balaban J connectivity index is 1.99. The molecular formula is C16H16N2O4S. The van der Waals surface area contributed by atoms with Gasteiger partial charge in [0.1, 0.15) is 5.60 Å². The Bertz CT molecular complexity index is 723. The van der Waals surface area contributed by atoms with Crippen molar-refractivity contribution in [2.45, 2.75) is 12.5 Å². The molecule has 0 aliphatic carbocycles. The summed E-state index contributed by atoms with van der Waals surface area (Å²) in [7, 11) is 0. The van der Waals surface area contributed by atoms with Crippen molar-refractivity contribution < 1.29 is 14.8 Å². The molecule has 1 heterocycles. The maximum Gasteiger partial charge on any atom is 0.276 e. The molecule has 2 rings (SSSR count). The second-order valence-electron chi connectivity index (χ2n) is 5.12. The van der Waals surface area contributed by atoms with Gasteiger partial charge in [0.15, 0.2) is 0 Å². The molecule has 120 valence electrons. The smallest absolute Gasteiger partial charge is 0.276 e. The average molecular weight is 332 g/mol. The highest BCUT2D eigenvalue weighted by Crippen LogP contribution is 2.24. The Kier molecular flexibility index (Phi) is 5.25. The lowest BCUT2D eigenvalue weighted by Gasteiger charge is -2.21. The monoisotopic (exact) mass is 332 g/mol. The van der Waals surface area contributed by atoms with E-state index < -0.39 is 16.4 Å². The number of hydrogen-bond donors (Lipinski definition) is 2. The molecule has 2 aromatic rings. The summed E-state index contributed by atoms with van der Waals surface area (Å²) in [5, 5.41) is 25.6. The molecule has 0 bridgehead atoms. The Morgan fingerprint density at radius 2 is 2.13 bits per heavy atom. The van der Waals surface area contributed by atoms with Crippen molar-refractivity contribution in [2.75, 3.05) is 6.54 Å². The van der Waals surface area contributed by atoms with Crippen molar-refractivity contribution in [3.8, 4) is 0 Å². The standard InChI is InChI=1S/C16H16N2O4S/c1-16(20,14-7-4-10-23-14)11-17-15(19)9-8-12-5-2-3-6-13(12)18(21)22/h2-10,20H,11H2,1H3,(H,17,19)/b9-8+/t16-/m0/s1. The van der Waals surface area contributed by atoms with Crippen LogP contribution in [-0.4, -0.2) is 22.5 Å². The molecule has 7 heteroatoms. The topological polar surface area (TPSA) is 92.5 Å². The van der Waals surface area contributed by atoms with Crippen molar-refractivity contribution in [3.63, 3.8) is 0 Å². The maximum atomic E-state index is 11.8. The highest BCUT2D eigenvalue weighted by atomic mass is 32.1. The highest BCUT2D eigenvalue weighted by molar-refractivity contribution is 7.10. The summed E-state index contributed by atoms with van der Waals surface area (Å²) in [5.41, 5.74) is -0.879. The maximum absolute atomic E-state index is 11.8. The van der Waals surface area contributed by atoms with Crippen LogP contribution in [0.2, 0.25) is 0 Å². The molecule has 1 aromatic heterocycles. The predicted molar refractivity (Wildman–Crippen MR) is 89.0 cm³/mol. The number of nitro benzene ring substituents is 1. The number of carbonyl (C=O) groups is 1. The molecule has 0 spiro atoms. The Morgan fingerprint density at radius 3 is 2.78 bits per heavy atom. The first kappa shape index (κ1) is 16.9. The van der Waals surface area contributed by atoms with Gasteiger partial charge in [0, 0.05) is 17.0 Å². The minimum absolute atomic E-state index is 0.0492. The van der Waals surface area contributed by atoms with E-state index >= 15 is 0 Å². The van der Waals surface area contributed by atoms with Crippen LogP contribution in [0.3, 0.4) is 0 Å². The third kappa shape index (κ3) is 4.48. The molecule has 0 saturated heterocycles. The zero-order chi connectivity index (χ0) is 16.9. The van der Waals surface area contributed by atoms with Crippen molar-refractivity contribution in [3.05, 3.63) is 68.4 Å². The highest BCUT2D eigenvalue weighted by Gasteiger charge is 2.24. The minimum atomic E-state index is -1.16. The third-order valence-corrected chi connectivity index (χ3v) is 4.33. The van der Waals surface area contributed by atoms with Crippen molar-refractivity contribution in [2.24, 2.45) is 0 Å². The molecule has 1 aromatic carbocycles. The summed E-state index contributed by atoms with van der Waals surface area (Å²) in [6.45, 7) is 1.67. The number of nitrogens with zero attached hydrogens (tertiary/aromatic N) is 1. The van der Waals surface area contributed by atoms with Gasteiger partial charge < -0.3 is 10.4 Å². The largest absolute Gasteiger partial charge is 0.383 e. The first-order valence-electron chi connectivity index (χ1n) is 6.86. The van der Waals surface area contributed by atoms with Gasteiger partial charge in [-0.25, -0.2) is 0 Å². The van der Waals surface area contributed by atoms with E-state index in [4.69, 9.17) is 0 Å². The number of rotatable bonds is 6. The molecule has 0 aliphatic heterocycles. The van der Waals surface area contributed by atoms with Crippen molar-refractivity contribution in [1.82, 2.24) is 5.32 Å². The molecule has 6 nitrogen and oxygen atoms in total. The number of nitro groups is 1. The van der Waals surface area contributed by atoms with Gasteiger partial charge in [-0.1, -0.05) is 18.2 Å². The fourth-order valence-electron chi connectivity index (χ4n) is 1.95. The van der Waals surface area contributed by atoms with Gasteiger partial charge in [0.25, 0.3) is 5.69 Å². The first-order valence-corrected chi connectivity index (χ1v) is 7.74. The molecule has 0 unspecified atom stereocenters. The van der Waals surface area contributed by atoms with Crippen LogP contribution in [0.25, 0.3) is 6.08 Å². The molecule has 0 saturated carbocycles. The van der Waals surface area contributed by atoms with Gasteiger partial charge >= 0.3 is 0 Å². The van der Waals surface area contributed by atoms with Gasteiger partial charge in [-0.3, -0.25) is 14.9 Å². The van der Waals surface area contributed by atoms with Gasteiger partial charge in [-0.05, 0) is 30.5 Å². The van der Waals surface area contributed by atoms with E-state index in [1.165, 1.54) is 29.6 Å². The van der Waals surface area contributed by atoms with Crippen LogP contribution in [0, 0.1) is 10.1 Å². The summed E-state index contributed by atoms with van der Waals surface area (Å²) in [5.74, 6) is -0.431. The lowest BCUT2D eigenvalue weighted by Crippen LogP contribution is -2.37. The molecule has 23 heavy (non-hydrogen) atoms. The van der Waals surface area contributed by atoms with Gasteiger partial charge in [0.05, 0.1) is 17.0 Å². The molecule has 0 fully saturated rings. The summed E-state index contributed by atoms with van der Waals surface area (Å²) in [6, 6.07) is 9.77. The van der Waals surface area contributed by atoms with Crippen LogP contribution in [0.15, 0.2) is 47.9 Å². The van der Waals surface area contributed by atoms with E-state index in [-0.39, 0.29) is 12.2 Å². The molecule has 0 aliphatic rings. The van der Waals surface area contributed by atoms with E-state index in [1.54, 1.807) is 31.2 Å². The lowest BCUT2D eigenvalue weighted by atomic mass is 10.1. The minimum Gasteiger partial charge on any atom is -0.383 e. The zero-order valence-electron chi connectivity index (χ0n) is 12.4. The van der Waals surface area contributed by atoms with E-state index in [1.807, 2.05) is 11.4 Å². The third-order valence-electron chi connectivity index (χ3n) is 3.21. The molecule has 1 atom stereocenters. The second kappa shape index (κ2) is 7.17. The normalized spacial score (nSPS) is 13.7. The van der Waals surface area contributed by atoms with Gasteiger partial charge in [-0.15, -0.1) is 11.3 Å². The molecule has 2 N–H and O–H groups in total. The number of para-hydroxylation sites is 1. The van der Waals surface area contributed by atoms with E-state index in [2.05, 4.69) is 5.32 Å². The summed E-state index contributed by atoms with van der Waals surface area (Å²) in [4.78, 5) is 23.0. The average Bonchev–Trinajstić information content (AvgIpc) is 3.06. The van der Waals surface area contributed by atoms with Crippen molar-refractivity contribution >= 4 is 29.0 Å². The number of hydrogen-bond acceptors (Lipinski definition) is 5. The summed E-state index contributed by atoms with van der Waals surface area (Å²) in [6.07, 6.45) is 2.60. The Labute approximate surface area is 137 Å². The molecule has 0 radical (unpaired) electrons. The van der Waals surface area contributed by atoms with Crippen molar-refractivity contribution in [1.29, 1.82) is 0 Å². The Morgan fingerprint density at radius 1 is 1.39 bits per heavy atom. The number of amides is 1. The first-order chi connectivity index (χ1) is 10.9. The second-order valence-corrected chi connectivity index (χ2v) is 6.07. The molecular weight excluding hydrogens is 316 g/mol. The number of nitrogens with one attached hydrogen (secondary N) is 1. The fourth-order valence-corrected chi connectivity index (χ4v) is 2.74. The lowest BCUT2D eigenvalue weighted by molar-refractivity contribution is -0.385. The fraction of sp³-hybridized carbons (Fsp3) is 0.188. The van der Waals surface area contributed by atoms with E-state index in [0.29, 0.717) is 5.56 Å². The number of aliphatic hydroxyl groups is 1. The SMILES string of the molecule is C[C@](O)(CNC(=O)/C=C/c1ccccc1[N+](=O)[O-])c1cccs1. The van der Waals surface area contributed by atoms with Crippen LogP contribution in [0.1, 0.15) is 17.4 Å².